The van der Waals surface area contributed by atoms with E-state index < -0.39 is 29.7 Å². The van der Waals surface area contributed by atoms with Crippen molar-refractivity contribution in [1.29, 1.82) is 0 Å². The van der Waals surface area contributed by atoms with Crippen molar-refractivity contribution >= 4 is 35.3 Å². The van der Waals surface area contributed by atoms with Gasteiger partial charge in [0.25, 0.3) is 17.4 Å². The third kappa shape index (κ3) is 7.66. The number of pyridine rings is 1. The largest absolute Gasteiger partial charge is 0.496 e. The summed E-state index contributed by atoms with van der Waals surface area (Å²) in [6.07, 6.45) is 4.81. The number of rotatable bonds is 9. The van der Waals surface area contributed by atoms with Gasteiger partial charge in [-0.3, -0.25) is 44.0 Å². The number of piperidine rings is 2. The molecule has 0 spiro atoms. The van der Waals surface area contributed by atoms with E-state index in [0.29, 0.717) is 42.1 Å². The van der Waals surface area contributed by atoms with Crippen LogP contribution < -0.4 is 30.6 Å². The zero-order valence-corrected chi connectivity index (χ0v) is 34.2. The molecule has 2 N–H and O–H groups in total. The molecule has 6 amide bonds. The first-order valence-electron chi connectivity index (χ1n) is 20.5. The Morgan fingerprint density at radius 3 is 2.15 bits per heavy atom. The van der Waals surface area contributed by atoms with Crippen molar-refractivity contribution in [1.82, 2.24) is 34.8 Å². The number of amides is 6. The number of anilines is 1. The summed E-state index contributed by atoms with van der Waals surface area (Å²) in [5.74, 6) is 0.0493. The number of nitrogens with zero attached hydrogens (tertiary/aromatic N) is 6. The number of nitrogens with one attached hydrogen (secondary N) is 2. The topological polar surface area (TPSA) is 166 Å². The summed E-state index contributed by atoms with van der Waals surface area (Å²) < 4.78 is 13.5. The Hall–Kier alpha value is -5.74. The Morgan fingerprint density at radius 1 is 0.797 bits per heavy atom. The minimum atomic E-state index is -0.978. The van der Waals surface area contributed by atoms with Crippen LogP contribution in [0.3, 0.4) is 0 Å². The van der Waals surface area contributed by atoms with Crippen molar-refractivity contribution in [3.63, 3.8) is 0 Å². The Kier molecular flexibility index (Phi) is 11.2. The Balaban J connectivity index is 0.864. The van der Waals surface area contributed by atoms with Gasteiger partial charge in [-0.25, -0.2) is 4.79 Å². The van der Waals surface area contributed by atoms with E-state index in [1.165, 1.54) is 0 Å². The van der Waals surface area contributed by atoms with Crippen molar-refractivity contribution < 1.29 is 33.4 Å². The predicted molar refractivity (Wildman–Crippen MR) is 219 cm³/mol. The van der Waals surface area contributed by atoms with Gasteiger partial charge in [0.2, 0.25) is 11.8 Å². The number of benzene rings is 2. The second kappa shape index (κ2) is 16.5. The second-order valence-electron chi connectivity index (χ2n) is 16.2. The predicted octanol–water partition coefficient (Wildman–Crippen LogP) is 2.20. The molecule has 5 aliphatic heterocycles. The molecule has 2 aromatic carbocycles. The first-order chi connectivity index (χ1) is 28.5. The molecule has 3 fully saturated rings. The van der Waals surface area contributed by atoms with E-state index in [1.807, 2.05) is 24.4 Å². The third-order valence-electron chi connectivity index (χ3n) is 12.8. The lowest BCUT2D eigenvalue weighted by atomic mass is 9.91. The van der Waals surface area contributed by atoms with Crippen LogP contribution in [0, 0.1) is 5.92 Å². The van der Waals surface area contributed by atoms with E-state index in [9.17, 15) is 28.8 Å². The molecule has 1 aromatic heterocycles. The number of carbonyl (C=O) groups excluding carboxylic acids is 5. The number of hydrogen-bond donors (Lipinski definition) is 2. The number of aryl methyl sites for hydroxylation is 1. The Morgan fingerprint density at radius 2 is 1.49 bits per heavy atom. The quantitative estimate of drug-likeness (QED) is 0.305. The molecule has 0 saturated carbocycles. The van der Waals surface area contributed by atoms with Crippen LogP contribution in [0.25, 0.3) is 11.1 Å². The first kappa shape index (κ1) is 40.1. The van der Waals surface area contributed by atoms with Gasteiger partial charge in [0.05, 0.1) is 37.5 Å². The molecule has 3 aromatic rings. The van der Waals surface area contributed by atoms with Crippen LogP contribution in [0.2, 0.25) is 0 Å². The molecule has 5 aliphatic rings. The molecule has 59 heavy (non-hydrogen) atoms. The van der Waals surface area contributed by atoms with Gasteiger partial charge >= 0.3 is 6.03 Å². The fraction of sp³-hybridized carbons (Fsp3) is 0.488. The minimum Gasteiger partial charge on any atom is -0.496 e. The van der Waals surface area contributed by atoms with Gasteiger partial charge in [-0.2, -0.15) is 0 Å². The van der Waals surface area contributed by atoms with Crippen LogP contribution >= 0.6 is 0 Å². The van der Waals surface area contributed by atoms with Crippen LogP contribution in [-0.2, 0) is 36.1 Å². The average Bonchev–Trinajstić information content (AvgIpc) is 3.50. The summed E-state index contributed by atoms with van der Waals surface area (Å²) in [6, 6.07) is 8.22. The van der Waals surface area contributed by atoms with Crippen LogP contribution in [0.15, 0.2) is 41.3 Å². The Bertz CT molecular complexity index is 2230. The SMILES string of the molecule is CNC(=O)N1CCc2c(-c3cc(OC)c(CN4CCC(CN5CCN(c6ccc7c(c6)C(=O)N(C6CCC(=O)NC6=O)C7=O)CC5)CC4)c(OC)c3)cn(C)c(=O)c2C1. The number of aromatic nitrogens is 1. The molecular weight excluding hydrogens is 757 g/mol. The van der Waals surface area contributed by atoms with Gasteiger partial charge in [-0.1, -0.05) is 0 Å². The van der Waals surface area contributed by atoms with Gasteiger partial charge < -0.3 is 29.2 Å². The first-order valence-corrected chi connectivity index (χ1v) is 20.5. The van der Waals surface area contributed by atoms with Crippen LogP contribution in [0.4, 0.5) is 10.5 Å². The number of ether oxygens (including phenoxy) is 2. The van der Waals surface area contributed by atoms with Gasteiger partial charge in [-0.05, 0) is 86.1 Å². The van der Waals surface area contributed by atoms with Crippen LogP contribution in [0.5, 0.6) is 11.5 Å². The number of hydrogen-bond acceptors (Lipinski definition) is 11. The lowest BCUT2D eigenvalue weighted by Crippen LogP contribution is -2.54. The molecule has 1 atom stereocenters. The van der Waals surface area contributed by atoms with E-state index in [-0.39, 0.29) is 31.0 Å². The molecule has 16 nitrogen and oxygen atoms in total. The highest BCUT2D eigenvalue weighted by atomic mass is 16.5. The molecule has 0 radical (unpaired) electrons. The maximum absolute atomic E-state index is 13.4. The van der Waals surface area contributed by atoms with Crippen LogP contribution in [0.1, 0.15) is 63.1 Å². The number of carbonyl (C=O) groups is 5. The highest BCUT2D eigenvalue weighted by Gasteiger charge is 2.45. The van der Waals surface area contributed by atoms with E-state index >= 15 is 0 Å². The summed E-state index contributed by atoms with van der Waals surface area (Å²) in [7, 11) is 6.68. The van der Waals surface area contributed by atoms with Crippen molar-refractivity contribution in [2.45, 2.75) is 51.2 Å². The minimum absolute atomic E-state index is 0.0882. The van der Waals surface area contributed by atoms with E-state index in [4.69, 9.17) is 9.47 Å². The number of piperazine rings is 1. The number of urea groups is 1. The standard InChI is InChI=1S/C43H52N8O8/c1-44-43(57)50-14-11-29-32(23-46(2)40(54)33(29)25-50)27-19-36(58-3)34(37(20-27)59-4)24-47-12-9-26(10-13-47)22-48-15-17-49(18-16-48)28-5-6-30-31(21-28)42(56)51(41(30)55)35-7-8-38(52)45-39(35)53/h5-6,19-21,23,26,35H,7-18,22,24-25H2,1-4H3,(H,44,57)(H,45,52,53). The molecular formula is C43H52N8O8. The zero-order valence-electron chi connectivity index (χ0n) is 34.2. The van der Waals surface area contributed by atoms with E-state index in [2.05, 4.69) is 25.3 Å². The fourth-order valence-electron chi connectivity index (χ4n) is 9.44. The highest BCUT2D eigenvalue weighted by molar-refractivity contribution is 6.23. The number of methoxy groups -OCH3 is 2. The van der Waals surface area contributed by atoms with Crippen LogP contribution in [-0.4, -0.2) is 133 Å². The Labute approximate surface area is 343 Å². The van der Waals surface area contributed by atoms with Gasteiger partial charge in [-0.15, -0.1) is 0 Å². The molecule has 6 heterocycles. The maximum atomic E-state index is 13.4. The number of likely N-dealkylation sites (tertiary alicyclic amines) is 1. The second-order valence-corrected chi connectivity index (χ2v) is 16.2. The summed E-state index contributed by atoms with van der Waals surface area (Å²) >= 11 is 0. The zero-order chi connectivity index (χ0) is 41.5. The molecule has 8 rings (SSSR count). The van der Waals surface area contributed by atoms with E-state index in [1.54, 1.807) is 49.9 Å². The lowest BCUT2D eigenvalue weighted by Gasteiger charge is -2.39. The number of imide groups is 2. The third-order valence-corrected chi connectivity index (χ3v) is 12.8. The normalized spacial score (nSPS) is 20.4. The summed E-state index contributed by atoms with van der Waals surface area (Å²) in [5.41, 5.74) is 5.77. The lowest BCUT2D eigenvalue weighted by molar-refractivity contribution is -0.136. The van der Waals surface area contributed by atoms with Gasteiger partial charge in [0, 0.05) is 89.3 Å². The average molecular weight is 809 g/mol. The summed E-state index contributed by atoms with van der Waals surface area (Å²) in [6.45, 7) is 7.74. The molecule has 1 unspecified atom stereocenters. The van der Waals surface area contributed by atoms with Crippen molar-refractivity contribution in [3.05, 3.63) is 74.7 Å². The monoisotopic (exact) mass is 808 g/mol. The summed E-state index contributed by atoms with van der Waals surface area (Å²) in [4.78, 5) is 86.1. The smallest absolute Gasteiger partial charge is 0.317 e. The molecule has 312 valence electrons. The van der Waals surface area contributed by atoms with Crippen molar-refractivity contribution in [2.24, 2.45) is 13.0 Å². The summed E-state index contributed by atoms with van der Waals surface area (Å²) in [5, 5.41) is 4.91. The van der Waals surface area contributed by atoms with Crippen molar-refractivity contribution in [3.8, 4) is 22.6 Å². The molecule has 3 saturated heterocycles. The molecule has 0 aliphatic carbocycles. The van der Waals surface area contributed by atoms with E-state index in [0.717, 1.165) is 103 Å². The fourth-order valence-corrected chi connectivity index (χ4v) is 9.44. The van der Waals surface area contributed by atoms with Gasteiger partial charge in [0.15, 0.2) is 0 Å². The molecule has 0 bridgehead atoms. The highest BCUT2D eigenvalue weighted by Crippen LogP contribution is 2.39. The molecule has 16 heteroatoms. The van der Waals surface area contributed by atoms with Gasteiger partial charge in [0.1, 0.15) is 17.5 Å². The maximum Gasteiger partial charge on any atom is 0.317 e. The van der Waals surface area contributed by atoms with Crippen molar-refractivity contribution in [2.75, 3.05) is 78.5 Å². The number of fused-ring (bicyclic) bond motifs is 2.